The van der Waals surface area contributed by atoms with Crippen molar-refractivity contribution in [1.29, 1.82) is 0 Å². The van der Waals surface area contributed by atoms with Crippen LogP contribution in [0.5, 0.6) is 0 Å². The van der Waals surface area contributed by atoms with Crippen LogP contribution in [0.15, 0.2) is 0 Å². The van der Waals surface area contributed by atoms with Crippen LogP contribution in [-0.2, 0) is 4.79 Å². The second kappa shape index (κ2) is 8.22. The number of aliphatic carboxylic acids is 1. The number of carbonyl (C=O) groups excluding carboxylic acids is 1. The molecule has 0 spiro atoms. The van der Waals surface area contributed by atoms with E-state index in [1.165, 1.54) is 0 Å². The van der Waals surface area contributed by atoms with Gasteiger partial charge in [0.15, 0.2) is 0 Å². The average molecular weight is 301 g/mol. The zero-order valence-electron chi connectivity index (χ0n) is 14.4. The lowest BCUT2D eigenvalue weighted by Gasteiger charge is -2.30. The molecule has 3 N–H and O–H groups in total. The van der Waals surface area contributed by atoms with Gasteiger partial charge in [0, 0.05) is 12.6 Å². The van der Waals surface area contributed by atoms with E-state index in [1.54, 1.807) is 20.8 Å². The Balaban J connectivity index is 4.71. The van der Waals surface area contributed by atoms with Gasteiger partial charge in [-0.15, -0.1) is 0 Å². The molecule has 2 atom stereocenters. The van der Waals surface area contributed by atoms with Crippen molar-refractivity contribution in [1.82, 2.24) is 15.5 Å². The number of carboxylic acid groups (broad SMARTS) is 1. The normalized spacial score (nSPS) is 14.9. The van der Waals surface area contributed by atoms with Crippen molar-refractivity contribution in [3.05, 3.63) is 0 Å². The van der Waals surface area contributed by atoms with Crippen LogP contribution in [0.4, 0.5) is 4.79 Å². The third kappa shape index (κ3) is 8.55. The second-order valence-electron chi connectivity index (χ2n) is 7.34. The molecule has 0 saturated heterocycles. The summed E-state index contributed by atoms with van der Waals surface area (Å²) in [7, 11) is 3.89. The lowest BCUT2D eigenvalue weighted by Crippen LogP contribution is -2.55. The zero-order valence-corrected chi connectivity index (χ0v) is 14.4. The fourth-order valence-electron chi connectivity index (χ4n) is 2.20. The number of carbonyl (C=O) groups is 2. The van der Waals surface area contributed by atoms with Crippen LogP contribution in [0.1, 0.15) is 41.0 Å². The van der Waals surface area contributed by atoms with E-state index in [4.69, 9.17) is 0 Å². The summed E-state index contributed by atoms with van der Waals surface area (Å²) >= 11 is 0. The molecule has 124 valence electrons. The number of nitrogens with zero attached hydrogens (tertiary/aromatic N) is 1. The first kappa shape index (κ1) is 19.7. The first-order valence-corrected chi connectivity index (χ1v) is 7.38. The van der Waals surface area contributed by atoms with Gasteiger partial charge in [0.2, 0.25) is 0 Å². The smallest absolute Gasteiger partial charge is 0.326 e. The monoisotopic (exact) mass is 301 g/mol. The molecule has 6 heteroatoms. The quantitative estimate of drug-likeness (QED) is 0.669. The minimum atomic E-state index is -1.02. The highest BCUT2D eigenvalue weighted by Gasteiger charge is 2.33. The van der Waals surface area contributed by atoms with Gasteiger partial charge in [-0.2, -0.15) is 0 Å². The Morgan fingerprint density at radius 2 is 1.67 bits per heavy atom. The third-order valence-electron chi connectivity index (χ3n) is 3.07. The van der Waals surface area contributed by atoms with Crippen molar-refractivity contribution in [3.63, 3.8) is 0 Å². The van der Waals surface area contributed by atoms with Crippen LogP contribution in [0.3, 0.4) is 0 Å². The van der Waals surface area contributed by atoms with Crippen molar-refractivity contribution in [2.45, 2.75) is 53.1 Å². The molecule has 0 fully saturated rings. The van der Waals surface area contributed by atoms with Crippen molar-refractivity contribution >= 4 is 12.0 Å². The molecule has 0 rings (SSSR count). The fraction of sp³-hybridized carbons (Fsp3) is 0.867. The van der Waals surface area contributed by atoms with Gasteiger partial charge in [-0.05, 0) is 31.8 Å². The summed E-state index contributed by atoms with van der Waals surface area (Å²) in [5, 5.41) is 14.7. The predicted molar refractivity (Wildman–Crippen MR) is 84.3 cm³/mol. The number of carboxylic acids is 1. The van der Waals surface area contributed by atoms with Crippen LogP contribution in [-0.4, -0.2) is 54.7 Å². The van der Waals surface area contributed by atoms with Gasteiger partial charge in [0.25, 0.3) is 0 Å². The largest absolute Gasteiger partial charge is 0.480 e. The molecule has 0 aromatic rings. The molecule has 0 aromatic carbocycles. The molecule has 0 aliphatic heterocycles. The van der Waals surface area contributed by atoms with Gasteiger partial charge in [0.1, 0.15) is 6.04 Å². The Morgan fingerprint density at radius 3 is 2.00 bits per heavy atom. The van der Waals surface area contributed by atoms with E-state index in [9.17, 15) is 14.7 Å². The number of amides is 2. The summed E-state index contributed by atoms with van der Waals surface area (Å²) < 4.78 is 0. The predicted octanol–water partition coefficient (Wildman–Crippen LogP) is 1.76. The molecule has 0 aliphatic carbocycles. The highest BCUT2D eigenvalue weighted by molar-refractivity contribution is 5.83. The van der Waals surface area contributed by atoms with E-state index in [0.29, 0.717) is 5.92 Å². The number of urea groups is 1. The molecule has 0 radical (unpaired) electrons. The number of hydrogen-bond donors (Lipinski definition) is 3. The third-order valence-corrected chi connectivity index (χ3v) is 3.07. The maximum absolute atomic E-state index is 12.1. The van der Waals surface area contributed by atoms with Gasteiger partial charge in [-0.25, -0.2) is 9.59 Å². The standard InChI is InChI=1S/C15H31N3O3/c1-10(2)8-11(9-18(6)7)16-14(21)17-12(13(19)20)15(3,4)5/h10-12H,8-9H2,1-7H3,(H,19,20)(H2,16,17,21)/t11?,12-/m1/s1. The number of likely N-dealkylation sites (N-methyl/N-ethyl adjacent to an activating group) is 1. The van der Waals surface area contributed by atoms with Crippen LogP contribution in [0, 0.1) is 11.3 Å². The number of nitrogens with one attached hydrogen (secondary N) is 2. The highest BCUT2D eigenvalue weighted by atomic mass is 16.4. The highest BCUT2D eigenvalue weighted by Crippen LogP contribution is 2.19. The summed E-state index contributed by atoms with van der Waals surface area (Å²) in [6.07, 6.45) is 0.846. The minimum absolute atomic E-state index is 0.00517. The fourth-order valence-corrected chi connectivity index (χ4v) is 2.20. The Kier molecular flexibility index (Phi) is 7.71. The van der Waals surface area contributed by atoms with Gasteiger partial charge < -0.3 is 20.6 Å². The maximum Gasteiger partial charge on any atom is 0.326 e. The summed E-state index contributed by atoms with van der Waals surface area (Å²) in [5.41, 5.74) is -0.543. The van der Waals surface area contributed by atoms with E-state index in [0.717, 1.165) is 13.0 Å². The zero-order chi connectivity index (χ0) is 16.8. The minimum Gasteiger partial charge on any atom is -0.480 e. The molecule has 0 bridgehead atoms. The SMILES string of the molecule is CC(C)CC(CN(C)C)NC(=O)N[C@H](C(=O)O)C(C)(C)C. The lowest BCUT2D eigenvalue weighted by molar-refractivity contribution is -0.141. The molecule has 0 heterocycles. The molecular weight excluding hydrogens is 270 g/mol. The van der Waals surface area contributed by atoms with Gasteiger partial charge in [-0.1, -0.05) is 34.6 Å². The summed E-state index contributed by atoms with van der Waals surface area (Å²) in [4.78, 5) is 25.4. The second-order valence-corrected chi connectivity index (χ2v) is 7.34. The van der Waals surface area contributed by atoms with E-state index < -0.39 is 23.5 Å². The molecule has 6 nitrogen and oxygen atoms in total. The number of rotatable bonds is 7. The Hall–Kier alpha value is -1.30. The first-order chi connectivity index (χ1) is 9.43. The first-order valence-electron chi connectivity index (χ1n) is 7.38. The molecule has 0 saturated carbocycles. The Morgan fingerprint density at radius 1 is 1.14 bits per heavy atom. The van der Waals surface area contributed by atoms with Crippen molar-refractivity contribution in [2.75, 3.05) is 20.6 Å². The van der Waals surface area contributed by atoms with E-state index in [2.05, 4.69) is 24.5 Å². The van der Waals surface area contributed by atoms with E-state index in [-0.39, 0.29) is 6.04 Å². The molecule has 1 unspecified atom stereocenters. The van der Waals surface area contributed by atoms with Crippen molar-refractivity contribution in [3.8, 4) is 0 Å². The molecule has 0 aromatic heterocycles. The van der Waals surface area contributed by atoms with Crippen molar-refractivity contribution < 1.29 is 14.7 Å². The molecule has 21 heavy (non-hydrogen) atoms. The van der Waals surface area contributed by atoms with Gasteiger partial charge in [0.05, 0.1) is 0 Å². The molecule has 0 aliphatic rings. The van der Waals surface area contributed by atoms with Gasteiger partial charge >= 0.3 is 12.0 Å². The summed E-state index contributed by atoms with van der Waals surface area (Å²) in [6, 6.07) is -1.35. The average Bonchev–Trinajstić information content (AvgIpc) is 2.21. The van der Waals surface area contributed by atoms with E-state index >= 15 is 0 Å². The molecular formula is C15H31N3O3. The molecule has 2 amide bonds. The topological polar surface area (TPSA) is 81.7 Å². The summed E-state index contributed by atoms with van der Waals surface area (Å²) in [5.74, 6) is -0.571. The van der Waals surface area contributed by atoms with Crippen LogP contribution in [0.2, 0.25) is 0 Å². The van der Waals surface area contributed by atoms with Gasteiger partial charge in [-0.3, -0.25) is 0 Å². The Bertz CT molecular complexity index is 339. The number of hydrogen-bond acceptors (Lipinski definition) is 3. The van der Waals surface area contributed by atoms with Crippen molar-refractivity contribution in [2.24, 2.45) is 11.3 Å². The summed E-state index contributed by atoms with van der Waals surface area (Å²) in [6.45, 7) is 10.3. The van der Waals surface area contributed by atoms with E-state index in [1.807, 2.05) is 19.0 Å². The maximum atomic E-state index is 12.1. The van der Waals surface area contributed by atoms with Crippen LogP contribution in [0.25, 0.3) is 0 Å². The van der Waals surface area contributed by atoms with Crippen LogP contribution < -0.4 is 10.6 Å². The van der Waals surface area contributed by atoms with Crippen LogP contribution >= 0.6 is 0 Å². The Labute approximate surface area is 128 Å². The lowest BCUT2D eigenvalue weighted by atomic mass is 9.87.